The van der Waals surface area contributed by atoms with Crippen LogP contribution in [0.5, 0.6) is 11.5 Å². The smallest absolute Gasteiger partial charge is 0.122 e. The van der Waals surface area contributed by atoms with E-state index in [4.69, 9.17) is 9.47 Å². The molecule has 32 heavy (non-hydrogen) atoms. The molecule has 2 atom stereocenters. The molecule has 2 aromatic rings. The van der Waals surface area contributed by atoms with E-state index >= 15 is 0 Å². The van der Waals surface area contributed by atoms with Gasteiger partial charge in [-0.05, 0) is 25.0 Å². The van der Waals surface area contributed by atoms with Crippen LogP contribution in [0, 0.1) is 0 Å². The van der Waals surface area contributed by atoms with Crippen LogP contribution in [0.3, 0.4) is 0 Å². The lowest BCUT2D eigenvalue weighted by molar-refractivity contribution is 0.196. The van der Waals surface area contributed by atoms with E-state index < -0.39 is 0 Å². The second-order valence-electron chi connectivity index (χ2n) is 9.69. The Bertz CT molecular complexity index is 731. The van der Waals surface area contributed by atoms with E-state index in [0.29, 0.717) is 0 Å². The molecule has 0 heterocycles. The fourth-order valence-electron chi connectivity index (χ4n) is 5.43. The lowest BCUT2D eigenvalue weighted by atomic mass is 9.54. The Labute approximate surface area is 197 Å². The van der Waals surface area contributed by atoms with Gasteiger partial charge in [0.05, 0.1) is 14.2 Å². The summed E-state index contributed by atoms with van der Waals surface area (Å²) in [5.74, 6) is 2.00. The molecule has 0 bridgehead atoms. The van der Waals surface area contributed by atoms with Gasteiger partial charge in [0.1, 0.15) is 11.5 Å². The summed E-state index contributed by atoms with van der Waals surface area (Å²) in [5, 5.41) is 0. The number of benzene rings is 2. The number of ether oxygens (including phenoxy) is 2. The number of hydrogen-bond acceptors (Lipinski definition) is 2. The second kappa shape index (κ2) is 12.9. The monoisotopic (exact) mass is 438 g/mol. The normalized spacial score (nSPS) is 15.1. The Hall–Kier alpha value is -1.96. The van der Waals surface area contributed by atoms with Crippen LogP contribution in [0.2, 0.25) is 0 Å². The summed E-state index contributed by atoms with van der Waals surface area (Å²) >= 11 is 0. The van der Waals surface area contributed by atoms with Crippen LogP contribution < -0.4 is 9.47 Å². The predicted molar refractivity (Wildman–Crippen MR) is 138 cm³/mol. The molecule has 0 N–H and O–H groups in total. The topological polar surface area (TPSA) is 18.5 Å². The highest BCUT2D eigenvalue weighted by atomic mass is 16.5. The van der Waals surface area contributed by atoms with Crippen LogP contribution in [0.15, 0.2) is 48.5 Å². The first-order valence-electron chi connectivity index (χ1n) is 12.8. The average molecular weight is 439 g/mol. The quantitative estimate of drug-likeness (QED) is 0.258. The third kappa shape index (κ3) is 5.88. The van der Waals surface area contributed by atoms with Gasteiger partial charge in [-0.25, -0.2) is 0 Å². The van der Waals surface area contributed by atoms with Crippen LogP contribution in [-0.4, -0.2) is 14.2 Å². The number of unbranched alkanes of at least 4 members (excludes halogenated alkanes) is 6. The number of rotatable bonds is 15. The average Bonchev–Trinajstić information content (AvgIpc) is 2.84. The van der Waals surface area contributed by atoms with E-state index in [1.165, 1.54) is 62.5 Å². The van der Waals surface area contributed by atoms with Crippen LogP contribution in [-0.2, 0) is 10.8 Å². The van der Waals surface area contributed by atoms with Crippen molar-refractivity contribution in [3.05, 3.63) is 59.7 Å². The summed E-state index contributed by atoms with van der Waals surface area (Å²) in [6.07, 6.45) is 12.4. The largest absolute Gasteiger partial charge is 0.496 e. The van der Waals surface area contributed by atoms with Crippen LogP contribution >= 0.6 is 0 Å². The van der Waals surface area contributed by atoms with Crippen LogP contribution in [0.1, 0.15) is 103 Å². The zero-order chi connectivity index (χ0) is 23.5. The van der Waals surface area contributed by atoms with E-state index in [-0.39, 0.29) is 10.8 Å². The van der Waals surface area contributed by atoms with Crippen molar-refractivity contribution in [2.75, 3.05) is 14.2 Å². The van der Waals surface area contributed by atoms with Crippen molar-refractivity contribution in [1.29, 1.82) is 0 Å². The van der Waals surface area contributed by atoms with Gasteiger partial charge in [-0.2, -0.15) is 0 Å². The molecule has 0 fully saturated rings. The molecule has 0 spiro atoms. The lowest BCUT2D eigenvalue weighted by Gasteiger charge is -2.49. The molecule has 2 nitrogen and oxygen atoms in total. The fourth-order valence-corrected chi connectivity index (χ4v) is 5.43. The molecular weight excluding hydrogens is 392 g/mol. The molecule has 0 saturated carbocycles. The lowest BCUT2D eigenvalue weighted by Crippen LogP contribution is -2.45. The maximum atomic E-state index is 5.92. The molecule has 2 rings (SSSR count). The fraction of sp³-hybridized carbons (Fsp3) is 0.600. The van der Waals surface area contributed by atoms with Crippen molar-refractivity contribution in [3.8, 4) is 11.5 Å². The Morgan fingerprint density at radius 1 is 0.562 bits per heavy atom. The van der Waals surface area contributed by atoms with Crippen molar-refractivity contribution in [2.24, 2.45) is 0 Å². The van der Waals surface area contributed by atoms with Crippen molar-refractivity contribution in [1.82, 2.24) is 0 Å². The molecule has 0 aliphatic carbocycles. The third-order valence-electron chi connectivity index (χ3n) is 7.68. The predicted octanol–water partition coefficient (Wildman–Crippen LogP) is 8.86. The van der Waals surface area contributed by atoms with Gasteiger partial charge in [-0.15, -0.1) is 0 Å². The molecule has 2 heteroatoms. The minimum absolute atomic E-state index is 0.0752. The number of hydrogen-bond donors (Lipinski definition) is 0. The Morgan fingerprint density at radius 2 is 0.938 bits per heavy atom. The van der Waals surface area contributed by atoms with Crippen LogP contribution in [0.4, 0.5) is 0 Å². The third-order valence-corrected chi connectivity index (χ3v) is 7.68. The van der Waals surface area contributed by atoms with Gasteiger partial charge >= 0.3 is 0 Å². The molecule has 0 saturated heterocycles. The highest BCUT2D eigenvalue weighted by molar-refractivity contribution is 5.49. The summed E-state index contributed by atoms with van der Waals surface area (Å²) < 4.78 is 11.8. The highest BCUT2D eigenvalue weighted by Crippen LogP contribution is 2.54. The first-order valence-corrected chi connectivity index (χ1v) is 12.8. The summed E-state index contributed by atoms with van der Waals surface area (Å²) in [6.45, 7) is 9.52. The van der Waals surface area contributed by atoms with Gasteiger partial charge in [0, 0.05) is 22.0 Å². The van der Waals surface area contributed by atoms with Gasteiger partial charge in [0.25, 0.3) is 0 Å². The summed E-state index contributed by atoms with van der Waals surface area (Å²) in [7, 11) is 3.61. The van der Waals surface area contributed by atoms with Crippen molar-refractivity contribution < 1.29 is 9.47 Å². The van der Waals surface area contributed by atoms with E-state index in [1.807, 2.05) is 0 Å². The first kappa shape index (κ1) is 26.3. The van der Waals surface area contributed by atoms with E-state index in [1.54, 1.807) is 14.2 Å². The zero-order valence-corrected chi connectivity index (χ0v) is 21.5. The molecule has 2 unspecified atom stereocenters. The second-order valence-corrected chi connectivity index (χ2v) is 9.69. The molecule has 0 aliphatic heterocycles. The summed E-state index contributed by atoms with van der Waals surface area (Å²) in [6, 6.07) is 17.3. The summed E-state index contributed by atoms with van der Waals surface area (Å²) in [4.78, 5) is 0. The van der Waals surface area contributed by atoms with Crippen molar-refractivity contribution in [2.45, 2.75) is 103 Å². The van der Waals surface area contributed by atoms with Crippen molar-refractivity contribution >= 4 is 0 Å². The molecule has 0 radical (unpaired) electrons. The molecular formula is C30H46O2. The molecule has 0 amide bonds. The standard InChI is InChI=1S/C30H46O2/c1-7-9-11-17-23-29(3,25-19-13-15-21-27(25)31-5)30(4,24-18-12-10-8-2)26-20-14-16-22-28(26)32-6/h13-16,19-22H,7-12,17-18,23-24H2,1-6H3. The van der Waals surface area contributed by atoms with Crippen LogP contribution in [0.25, 0.3) is 0 Å². The van der Waals surface area contributed by atoms with Gasteiger partial charge < -0.3 is 9.47 Å². The number of methoxy groups -OCH3 is 2. The summed E-state index contributed by atoms with van der Waals surface area (Å²) in [5.41, 5.74) is 2.49. The SMILES string of the molecule is CCCCCCC(C)(c1ccccc1OC)C(C)(CCCCCC)c1ccccc1OC. The Morgan fingerprint density at radius 3 is 1.28 bits per heavy atom. The van der Waals surface area contributed by atoms with Crippen molar-refractivity contribution in [3.63, 3.8) is 0 Å². The van der Waals surface area contributed by atoms with E-state index in [0.717, 1.165) is 24.3 Å². The van der Waals surface area contributed by atoms with E-state index in [9.17, 15) is 0 Å². The number of para-hydroxylation sites is 2. The Balaban J connectivity index is 2.64. The molecule has 178 valence electrons. The van der Waals surface area contributed by atoms with Gasteiger partial charge in [0.15, 0.2) is 0 Å². The van der Waals surface area contributed by atoms with Gasteiger partial charge in [-0.1, -0.05) is 115 Å². The molecule has 2 aromatic carbocycles. The first-order chi connectivity index (χ1) is 15.5. The van der Waals surface area contributed by atoms with Gasteiger partial charge in [-0.3, -0.25) is 0 Å². The highest BCUT2D eigenvalue weighted by Gasteiger charge is 2.48. The van der Waals surface area contributed by atoms with E-state index in [2.05, 4.69) is 76.2 Å². The molecule has 0 aromatic heterocycles. The maximum absolute atomic E-state index is 5.92. The maximum Gasteiger partial charge on any atom is 0.122 e. The minimum Gasteiger partial charge on any atom is -0.496 e. The minimum atomic E-state index is -0.0752. The molecule has 0 aliphatic rings. The van der Waals surface area contributed by atoms with Gasteiger partial charge in [0.2, 0.25) is 0 Å². The zero-order valence-electron chi connectivity index (χ0n) is 21.5. The Kier molecular flexibility index (Phi) is 10.6.